The minimum Gasteiger partial charge on any atom is -0.399 e. The quantitative estimate of drug-likeness (QED) is 0.589. The second kappa shape index (κ2) is 7.36. The van der Waals surface area contributed by atoms with Crippen LogP contribution < -0.4 is 16.4 Å². The van der Waals surface area contributed by atoms with E-state index in [2.05, 4.69) is 10.6 Å². The van der Waals surface area contributed by atoms with Crippen molar-refractivity contribution in [3.8, 4) is 0 Å². The smallest absolute Gasteiger partial charge is 0.321 e. The van der Waals surface area contributed by atoms with Gasteiger partial charge in [0.25, 0.3) is 0 Å². The van der Waals surface area contributed by atoms with E-state index >= 15 is 0 Å². The number of anilines is 1. The summed E-state index contributed by atoms with van der Waals surface area (Å²) in [4.78, 5) is 24.4. The van der Waals surface area contributed by atoms with Gasteiger partial charge >= 0.3 is 6.03 Å². The molecule has 1 aromatic rings. The molecule has 1 fully saturated rings. The van der Waals surface area contributed by atoms with Gasteiger partial charge < -0.3 is 11.1 Å². The lowest BCUT2D eigenvalue weighted by Crippen LogP contribution is -2.44. The third-order valence-electron chi connectivity index (χ3n) is 3.51. The third-order valence-corrected chi connectivity index (χ3v) is 4.67. The fourth-order valence-electron chi connectivity index (χ4n) is 2.37. The molecule has 0 spiro atoms. The van der Waals surface area contributed by atoms with E-state index in [1.165, 1.54) is 11.8 Å². The number of urea groups is 1. The molecule has 3 amide bonds. The molecule has 2 rings (SSSR count). The zero-order chi connectivity index (χ0) is 15.2. The molecule has 0 unspecified atom stereocenters. The summed E-state index contributed by atoms with van der Waals surface area (Å²) in [6.07, 6.45) is 4.28. The Kier molecular flexibility index (Phi) is 5.50. The van der Waals surface area contributed by atoms with Crippen molar-refractivity contribution >= 4 is 29.4 Å². The molecule has 0 heterocycles. The summed E-state index contributed by atoms with van der Waals surface area (Å²) < 4.78 is 0. The normalized spacial score (nSPS) is 14.9. The van der Waals surface area contributed by atoms with Crippen LogP contribution in [-0.4, -0.2) is 23.7 Å². The molecule has 5 nitrogen and oxygen atoms in total. The van der Waals surface area contributed by atoms with Crippen LogP contribution in [0.4, 0.5) is 10.5 Å². The van der Waals surface area contributed by atoms with Crippen molar-refractivity contribution in [1.29, 1.82) is 0 Å². The number of carbonyl (C=O) groups excluding carboxylic acids is 2. The van der Waals surface area contributed by atoms with Crippen molar-refractivity contribution in [1.82, 2.24) is 10.6 Å². The first-order valence-corrected chi connectivity index (χ1v) is 8.12. The Morgan fingerprint density at radius 1 is 1.33 bits per heavy atom. The first-order chi connectivity index (χ1) is 10.0. The van der Waals surface area contributed by atoms with Gasteiger partial charge in [-0.3, -0.25) is 10.1 Å². The van der Waals surface area contributed by atoms with E-state index in [9.17, 15) is 9.59 Å². The van der Waals surface area contributed by atoms with Crippen LogP contribution in [0.5, 0.6) is 0 Å². The first-order valence-electron chi connectivity index (χ1n) is 7.14. The molecular weight excluding hydrogens is 286 g/mol. The highest BCUT2D eigenvalue weighted by Gasteiger charge is 2.18. The number of nitrogen functional groups attached to an aromatic ring is 1. The number of nitrogens with one attached hydrogen (secondary N) is 2. The van der Waals surface area contributed by atoms with Crippen LogP contribution in [-0.2, 0) is 4.79 Å². The van der Waals surface area contributed by atoms with Crippen molar-refractivity contribution in [2.75, 3.05) is 11.5 Å². The van der Waals surface area contributed by atoms with Crippen LogP contribution in [0.2, 0.25) is 0 Å². The van der Waals surface area contributed by atoms with Crippen LogP contribution >= 0.6 is 11.8 Å². The molecule has 1 aliphatic carbocycles. The maximum absolute atomic E-state index is 11.8. The standard InChI is InChI=1S/C15H21N3O2S/c1-10-6-7-11(16)8-13(10)21-9-14(19)18-15(20)17-12-4-2-3-5-12/h6-8,12H,2-5,9,16H2,1H3,(H2,17,18,19,20). The summed E-state index contributed by atoms with van der Waals surface area (Å²) in [5.74, 6) is -0.0973. The van der Waals surface area contributed by atoms with Gasteiger partial charge in [0.1, 0.15) is 0 Å². The Morgan fingerprint density at radius 2 is 2.05 bits per heavy atom. The number of imide groups is 1. The predicted octanol–water partition coefficient (Wildman–Crippen LogP) is 2.44. The molecule has 0 saturated heterocycles. The number of hydrogen-bond acceptors (Lipinski definition) is 4. The van der Waals surface area contributed by atoms with Crippen molar-refractivity contribution in [2.24, 2.45) is 0 Å². The van der Waals surface area contributed by atoms with Crippen LogP contribution in [0, 0.1) is 6.92 Å². The van der Waals surface area contributed by atoms with Crippen LogP contribution in [0.1, 0.15) is 31.2 Å². The summed E-state index contributed by atoms with van der Waals surface area (Å²) in [7, 11) is 0. The van der Waals surface area contributed by atoms with Crippen molar-refractivity contribution in [2.45, 2.75) is 43.5 Å². The lowest BCUT2D eigenvalue weighted by Gasteiger charge is -2.12. The molecule has 0 aliphatic heterocycles. The topological polar surface area (TPSA) is 84.2 Å². The number of amides is 3. The third kappa shape index (κ3) is 4.97. The highest BCUT2D eigenvalue weighted by atomic mass is 32.2. The first kappa shape index (κ1) is 15.7. The Labute approximate surface area is 129 Å². The molecule has 21 heavy (non-hydrogen) atoms. The molecule has 1 aliphatic rings. The van der Waals surface area contributed by atoms with Gasteiger partial charge in [0, 0.05) is 16.6 Å². The lowest BCUT2D eigenvalue weighted by atomic mass is 10.2. The number of hydrogen-bond donors (Lipinski definition) is 3. The minimum atomic E-state index is -0.392. The molecule has 0 atom stereocenters. The van der Waals surface area contributed by atoms with Crippen molar-refractivity contribution in [3.05, 3.63) is 23.8 Å². The summed E-state index contributed by atoms with van der Waals surface area (Å²) in [5.41, 5.74) is 7.46. The number of aryl methyl sites for hydroxylation is 1. The maximum atomic E-state index is 11.8. The zero-order valence-electron chi connectivity index (χ0n) is 12.1. The molecular formula is C15H21N3O2S. The number of carbonyl (C=O) groups is 2. The average molecular weight is 307 g/mol. The van der Waals surface area contributed by atoms with Gasteiger partial charge in [-0.1, -0.05) is 18.9 Å². The van der Waals surface area contributed by atoms with Gasteiger partial charge in [-0.2, -0.15) is 0 Å². The van der Waals surface area contributed by atoms with E-state index in [1.54, 1.807) is 0 Å². The van der Waals surface area contributed by atoms with Gasteiger partial charge in [0.2, 0.25) is 5.91 Å². The Morgan fingerprint density at radius 3 is 2.76 bits per heavy atom. The highest BCUT2D eigenvalue weighted by molar-refractivity contribution is 8.00. The van der Waals surface area contributed by atoms with Crippen LogP contribution in [0.25, 0.3) is 0 Å². The van der Waals surface area contributed by atoms with E-state index in [0.717, 1.165) is 36.1 Å². The minimum absolute atomic E-state index is 0.197. The van der Waals surface area contributed by atoms with E-state index in [0.29, 0.717) is 5.69 Å². The Hall–Kier alpha value is -1.69. The molecule has 6 heteroatoms. The molecule has 0 radical (unpaired) electrons. The number of thioether (sulfide) groups is 1. The van der Waals surface area contributed by atoms with E-state index in [-0.39, 0.29) is 17.7 Å². The summed E-state index contributed by atoms with van der Waals surface area (Å²) >= 11 is 1.38. The largest absolute Gasteiger partial charge is 0.399 e. The van der Waals surface area contributed by atoms with Crippen LogP contribution in [0.15, 0.2) is 23.1 Å². The molecule has 1 saturated carbocycles. The average Bonchev–Trinajstić information content (AvgIpc) is 2.92. The van der Waals surface area contributed by atoms with Gasteiger partial charge in [-0.25, -0.2) is 4.79 Å². The maximum Gasteiger partial charge on any atom is 0.321 e. The monoisotopic (exact) mass is 307 g/mol. The van der Waals surface area contributed by atoms with E-state index in [4.69, 9.17) is 5.73 Å². The second-order valence-electron chi connectivity index (χ2n) is 5.32. The molecule has 0 bridgehead atoms. The van der Waals surface area contributed by atoms with Gasteiger partial charge in [-0.15, -0.1) is 11.8 Å². The zero-order valence-corrected chi connectivity index (χ0v) is 13.0. The Bertz CT molecular complexity index is 528. The van der Waals surface area contributed by atoms with Crippen molar-refractivity contribution < 1.29 is 9.59 Å². The SMILES string of the molecule is Cc1ccc(N)cc1SCC(=O)NC(=O)NC1CCCC1. The fraction of sp³-hybridized carbons (Fsp3) is 0.467. The lowest BCUT2D eigenvalue weighted by molar-refractivity contribution is -0.117. The summed E-state index contributed by atoms with van der Waals surface area (Å²) in [6, 6.07) is 5.40. The second-order valence-corrected chi connectivity index (χ2v) is 6.33. The Balaban J connectivity index is 1.76. The number of rotatable bonds is 4. The molecule has 0 aromatic heterocycles. The van der Waals surface area contributed by atoms with Crippen LogP contribution in [0.3, 0.4) is 0 Å². The highest BCUT2D eigenvalue weighted by Crippen LogP contribution is 2.24. The van der Waals surface area contributed by atoms with Gasteiger partial charge in [0.15, 0.2) is 0 Å². The number of benzene rings is 1. The van der Waals surface area contributed by atoms with Gasteiger partial charge in [-0.05, 0) is 37.5 Å². The predicted molar refractivity (Wildman–Crippen MR) is 85.2 cm³/mol. The number of nitrogens with two attached hydrogens (primary N) is 1. The molecule has 114 valence electrons. The summed E-state index contributed by atoms with van der Waals surface area (Å²) in [5, 5.41) is 5.20. The van der Waals surface area contributed by atoms with Crippen molar-refractivity contribution in [3.63, 3.8) is 0 Å². The van der Waals surface area contributed by atoms with Gasteiger partial charge in [0.05, 0.1) is 5.75 Å². The summed E-state index contributed by atoms with van der Waals surface area (Å²) in [6.45, 7) is 1.96. The fourth-order valence-corrected chi connectivity index (χ4v) is 3.24. The van der Waals surface area contributed by atoms with E-state index < -0.39 is 6.03 Å². The van der Waals surface area contributed by atoms with E-state index in [1.807, 2.05) is 25.1 Å². The molecule has 1 aromatic carbocycles. The molecule has 4 N–H and O–H groups in total.